The van der Waals surface area contributed by atoms with Gasteiger partial charge < -0.3 is 25.0 Å². The molecule has 0 aliphatic carbocycles. The first-order valence-electron chi connectivity index (χ1n) is 10.1. The number of nitrogens with one attached hydrogen (secondary N) is 2. The highest BCUT2D eigenvalue weighted by atomic mass is 32.1. The molecule has 0 saturated heterocycles. The maximum Gasteiger partial charge on any atom is 0.262 e. The van der Waals surface area contributed by atoms with Crippen LogP contribution in [0.5, 0.6) is 11.5 Å². The average molecular weight is 454 g/mol. The van der Waals surface area contributed by atoms with Crippen molar-refractivity contribution in [1.82, 2.24) is 10.2 Å². The van der Waals surface area contributed by atoms with Crippen molar-refractivity contribution in [2.24, 2.45) is 0 Å². The van der Waals surface area contributed by atoms with Gasteiger partial charge in [-0.1, -0.05) is 6.07 Å². The largest absolute Gasteiger partial charge is 0.497 e. The minimum atomic E-state index is -0.289. The topological polar surface area (TPSA) is 79.9 Å². The molecule has 2 aromatic carbocycles. The lowest BCUT2D eigenvalue weighted by Gasteiger charge is -2.24. The van der Waals surface area contributed by atoms with Gasteiger partial charge in [0, 0.05) is 23.9 Å². The summed E-state index contributed by atoms with van der Waals surface area (Å²) in [5.74, 6) is 0.717. The van der Waals surface area contributed by atoms with E-state index in [0.29, 0.717) is 29.3 Å². The predicted octanol–water partition coefficient (Wildman–Crippen LogP) is 3.81. The van der Waals surface area contributed by atoms with E-state index < -0.39 is 0 Å². The maximum atomic E-state index is 12.5. The zero-order chi connectivity index (χ0) is 22.9. The van der Waals surface area contributed by atoms with Crippen molar-refractivity contribution in [2.75, 3.05) is 39.7 Å². The first-order valence-corrected chi connectivity index (χ1v) is 11.0. The Bertz CT molecular complexity index is 1020. The lowest BCUT2D eigenvalue weighted by atomic mass is 10.1. The van der Waals surface area contributed by atoms with Crippen molar-refractivity contribution in [1.29, 1.82) is 0 Å². The van der Waals surface area contributed by atoms with Crippen LogP contribution in [0.2, 0.25) is 0 Å². The zero-order valence-electron chi connectivity index (χ0n) is 18.3. The number of carbonyl (C=O) groups excluding carboxylic acids is 2. The standard InChI is InChI=1S/C24H27N3O4S/c1-27(2)22(18-11-12-32-16-18)14-25-24(29)17-7-9-20(10-8-17)31-15-23(28)26-19-5-4-6-21(13-19)30-3/h4-13,16,22H,14-15H2,1-3H3,(H,25,29)(H,26,28). The number of nitrogens with zero attached hydrogens (tertiary/aromatic N) is 1. The molecule has 1 aromatic heterocycles. The molecule has 0 saturated carbocycles. The van der Waals surface area contributed by atoms with Gasteiger partial charge in [-0.05, 0) is 72.9 Å². The first-order chi connectivity index (χ1) is 15.5. The third-order valence-corrected chi connectivity index (χ3v) is 5.55. The van der Waals surface area contributed by atoms with Crippen molar-refractivity contribution >= 4 is 28.8 Å². The molecule has 7 nitrogen and oxygen atoms in total. The molecule has 3 aromatic rings. The molecule has 8 heteroatoms. The summed E-state index contributed by atoms with van der Waals surface area (Å²) < 4.78 is 10.7. The fourth-order valence-electron chi connectivity index (χ4n) is 3.10. The van der Waals surface area contributed by atoms with Gasteiger partial charge >= 0.3 is 0 Å². The number of carbonyl (C=O) groups is 2. The van der Waals surface area contributed by atoms with Crippen LogP contribution in [0.1, 0.15) is 22.0 Å². The number of rotatable bonds is 10. The summed E-state index contributed by atoms with van der Waals surface area (Å²) >= 11 is 1.64. The molecule has 0 aliphatic rings. The van der Waals surface area contributed by atoms with Gasteiger partial charge in [0.2, 0.25) is 0 Å². The van der Waals surface area contributed by atoms with Crippen LogP contribution in [0.25, 0.3) is 0 Å². The van der Waals surface area contributed by atoms with Gasteiger partial charge in [-0.25, -0.2) is 0 Å². The number of ether oxygens (including phenoxy) is 2. The molecule has 1 atom stereocenters. The second-order valence-corrected chi connectivity index (χ2v) is 8.12. The molecule has 1 unspecified atom stereocenters. The normalized spacial score (nSPS) is 11.6. The number of anilines is 1. The number of methoxy groups -OCH3 is 1. The van der Waals surface area contributed by atoms with Gasteiger partial charge in [0.05, 0.1) is 13.2 Å². The Hall–Kier alpha value is -3.36. The minimum absolute atomic E-state index is 0.107. The van der Waals surface area contributed by atoms with Crippen LogP contribution in [-0.4, -0.2) is 51.1 Å². The summed E-state index contributed by atoms with van der Waals surface area (Å²) in [6.07, 6.45) is 0. The molecule has 0 bridgehead atoms. The van der Waals surface area contributed by atoms with Crippen LogP contribution < -0.4 is 20.1 Å². The van der Waals surface area contributed by atoms with Crippen molar-refractivity contribution in [3.05, 3.63) is 76.5 Å². The fourth-order valence-corrected chi connectivity index (χ4v) is 3.81. The highest BCUT2D eigenvalue weighted by Crippen LogP contribution is 2.20. The fraction of sp³-hybridized carbons (Fsp3) is 0.250. The molecular weight excluding hydrogens is 426 g/mol. The van der Waals surface area contributed by atoms with Crippen LogP contribution in [-0.2, 0) is 4.79 Å². The lowest BCUT2D eigenvalue weighted by molar-refractivity contribution is -0.118. The van der Waals surface area contributed by atoms with Crippen molar-refractivity contribution in [2.45, 2.75) is 6.04 Å². The van der Waals surface area contributed by atoms with E-state index >= 15 is 0 Å². The van der Waals surface area contributed by atoms with Crippen molar-refractivity contribution < 1.29 is 19.1 Å². The van der Waals surface area contributed by atoms with Crippen molar-refractivity contribution in [3.8, 4) is 11.5 Å². The highest BCUT2D eigenvalue weighted by molar-refractivity contribution is 7.08. The molecular formula is C24H27N3O4S. The van der Waals surface area contributed by atoms with E-state index in [1.54, 1.807) is 67.0 Å². The van der Waals surface area contributed by atoms with E-state index in [1.807, 2.05) is 19.5 Å². The van der Waals surface area contributed by atoms with E-state index in [2.05, 4.69) is 27.0 Å². The molecule has 0 fully saturated rings. The Labute approximate surface area is 192 Å². The summed E-state index contributed by atoms with van der Waals surface area (Å²) in [4.78, 5) is 26.7. The molecule has 0 aliphatic heterocycles. The van der Waals surface area contributed by atoms with E-state index in [-0.39, 0.29) is 24.5 Å². The number of amides is 2. The quantitative estimate of drug-likeness (QED) is 0.488. The summed E-state index contributed by atoms with van der Waals surface area (Å²) in [7, 11) is 5.55. The van der Waals surface area contributed by atoms with E-state index in [4.69, 9.17) is 9.47 Å². The van der Waals surface area contributed by atoms with Crippen molar-refractivity contribution in [3.63, 3.8) is 0 Å². The minimum Gasteiger partial charge on any atom is -0.497 e. The second-order valence-electron chi connectivity index (χ2n) is 7.34. The summed E-state index contributed by atoms with van der Waals surface area (Å²) in [5, 5.41) is 9.86. The molecule has 3 rings (SSSR count). The number of likely N-dealkylation sites (N-methyl/N-ethyl adjacent to an activating group) is 1. The average Bonchev–Trinajstić information content (AvgIpc) is 3.32. The van der Waals surface area contributed by atoms with Gasteiger partial charge in [-0.15, -0.1) is 0 Å². The highest BCUT2D eigenvalue weighted by Gasteiger charge is 2.16. The number of benzene rings is 2. The molecule has 168 valence electrons. The Morgan fingerprint density at radius 3 is 2.50 bits per heavy atom. The third-order valence-electron chi connectivity index (χ3n) is 4.85. The third kappa shape index (κ3) is 6.57. The SMILES string of the molecule is COc1cccc(NC(=O)COc2ccc(C(=O)NCC(c3ccsc3)N(C)C)cc2)c1. The molecule has 0 radical (unpaired) electrons. The van der Waals surface area contributed by atoms with Gasteiger partial charge in [-0.2, -0.15) is 11.3 Å². The van der Waals surface area contributed by atoms with Crippen LogP contribution >= 0.6 is 11.3 Å². The Kier molecular flexibility index (Phi) is 8.24. The predicted molar refractivity (Wildman–Crippen MR) is 127 cm³/mol. The van der Waals surface area contributed by atoms with Crippen LogP contribution in [0.4, 0.5) is 5.69 Å². The van der Waals surface area contributed by atoms with Gasteiger partial charge in [0.15, 0.2) is 6.61 Å². The lowest BCUT2D eigenvalue weighted by Crippen LogP contribution is -2.34. The summed E-state index contributed by atoms with van der Waals surface area (Å²) in [6, 6.07) is 16.0. The number of hydrogen-bond acceptors (Lipinski definition) is 6. The second kappa shape index (κ2) is 11.3. The summed E-state index contributed by atoms with van der Waals surface area (Å²) in [6.45, 7) is 0.360. The van der Waals surface area contributed by atoms with E-state index in [1.165, 1.54) is 5.56 Å². The van der Waals surface area contributed by atoms with Gasteiger partial charge in [-0.3, -0.25) is 9.59 Å². The summed E-state index contributed by atoms with van der Waals surface area (Å²) in [5.41, 5.74) is 2.33. The van der Waals surface area contributed by atoms with Crippen LogP contribution in [0.3, 0.4) is 0 Å². The molecule has 2 N–H and O–H groups in total. The zero-order valence-corrected chi connectivity index (χ0v) is 19.1. The maximum absolute atomic E-state index is 12.5. The number of hydrogen-bond donors (Lipinski definition) is 2. The van der Waals surface area contributed by atoms with E-state index in [0.717, 1.165) is 0 Å². The molecule has 2 amide bonds. The Morgan fingerprint density at radius 1 is 1.06 bits per heavy atom. The monoisotopic (exact) mass is 453 g/mol. The van der Waals surface area contributed by atoms with Gasteiger partial charge in [0.1, 0.15) is 11.5 Å². The molecule has 32 heavy (non-hydrogen) atoms. The molecule has 0 spiro atoms. The van der Waals surface area contributed by atoms with Crippen LogP contribution in [0.15, 0.2) is 65.4 Å². The smallest absolute Gasteiger partial charge is 0.262 e. The Morgan fingerprint density at radius 2 is 1.84 bits per heavy atom. The van der Waals surface area contributed by atoms with E-state index in [9.17, 15) is 9.59 Å². The van der Waals surface area contributed by atoms with Crippen LogP contribution in [0, 0.1) is 0 Å². The van der Waals surface area contributed by atoms with Gasteiger partial charge in [0.25, 0.3) is 11.8 Å². The molecule has 1 heterocycles. The Balaban J connectivity index is 1.48. The number of thiophene rings is 1. The first kappa shape index (κ1) is 23.3.